The van der Waals surface area contributed by atoms with E-state index in [0.717, 1.165) is 0 Å². The van der Waals surface area contributed by atoms with Gasteiger partial charge >= 0.3 is 5.97 Å². The summed E-state index contributed by atoms with van der Waals surface area (Å²) in [6.07, 6.45) is 0. The third kappa shape index (κ3) is 2.51. The van der Waals surface area contributed by atoms with E-state index in [1.165, 1.54) is 8.61 Å². The van der Waals surface area contributed by atoms with Gasteiger partial charge in [-0.2, -0.15) is 17.0 Å². The second-order valence-corrected chi connectivity index (χ2v) is 6.69. The fourth-order valence-electron chi connectivity index (χ4n) is 2.37. The molecular formula is C10H18N2O5S. The predicted octanol–water partition coefficient (Wildman–Crippen LogP) is -0.784. The largest absolute Gasteiger partial charge is 0.481 e. The van der Waals surface area contributed by atoms with Gasteiger partial charge in [-0.25, -0.2) is 0 Å². The van der Waals surface area contributed by atoms with E-state index in [2.05, 4.69) is 0 Å². The lowest BCUT2D eigenvalue weighted by Gasteiger charge is -2.30. The summed E-state index contributed by atoms with van der Waals surface area (Å²) in [6.45, 7) is 3.58. The summed E-state index contributed by atoms with van der Waals surface area (Å²) in [6, 6.07) is 0. The minimum atomic E-state index is -3.54. The summed E-state index contributed by atoms with van der Waals surface area (Å²) >= 11 is 0. The first-order valence-electron chi connectivity index (χ1n) is 5.98. The molecule has 2 heterocycles. The molecule has 2 aliphatic heterocycles. The van der Waals surface area contributed by atoms with E-state index in [1.807, 2.05) is 0 Å². The van der Waals surface area contributed by atoms with Gasteiger partial charge in [0.2, 0.25) is 0 Å². The summed E-state index contributed by atoms with van der Waals surface area (Å²) < 4.78 is 32.4. The molecule has 0 amide bonds. The van der Waals surface area contributed by atoms with Crippen LogP contribution < -0.4 is 0 Å². The van der Waals surface area contributed by atoms with Gasteiger partial charge in [0, 0.05) is 26.2 Å². The number of carboxylic acid groups (broad SMARTS) is 1. The summed E-state index contributed by atoms with van der Waals surface area (Å²) in [4.78, 5) is 11.0. The Morgan fingerprint density at radius 2 is 1.83 bits per heavy atom. The van der Waals surface area contributed by atoms with E-state index in [-0.39, 0.29) is 19.0 Å². The molecule has 18 heavy (non-hydrogen) atoms. The quantitative estimate of drug-likeness (QED) is 0.731. The molecule has 2 saturated heterocycles. The van der Waals surface area contributed by atoms with Crippen LogP contribution in [0.1, 0.15) is 6.92 Å². The first-order valence-corrected chi connectivity index (χ1v) is 7.38. The van der Waals surface area contributed by atoms with Crippen molar-refractivity contribution in [3.05, 3.63) is 0 Å². The minimum Gasteiger partial charge on any atom is -0.481 e. The molecule has 8 heteroatoms. The van der Waals surface area contributed by atoms with E-state index in [0.29, 0.717) is 26.3 Å². The number of hydrogen-bond donors (Lipinski definition) is 1. The summed E-state index contributed by atoms with van der Waals surface area (Å²) in [5.74, 6) is -1.69. The van der Waals surface area contributed by atoms with Crippen LogP contribution in [-0.2, 0) is 19.7 Å². The molecule has 0 aromatic carbocycles. The molecule has 2 atom stereocenters. The highest BCUT2D eigenvalue weighted by molar-refractivity contribution is 7.86. The predicted molar refractivity (Wildman–Crippen MR) is 63.2 cm³/mol. The second kappa shape index (κ2) is 5.12. The van der Waals surface area contributed by atoms with E-state index in [4.69, 9.17) is 9.84 Å². The Balaban J connectivity index is 2.09. The number of aliphatic carboxylic acids is 1. The first-order chi connectivity index (χ1) is 8.43. The molecular weight excluding hydrogens is 260 g/mol. The van der Waals surface area contributed by atoms with Gasteiger partial charge < -0.3 is 9.84 Å². The van der Waals surface area contributed by atoms with Gasteiger partial charge in [0.05, 0.1) is 19.1 Å². The van der Waals surface area contributed by atoms with Crippen LogP contribution in [0.15, 0.2) is 0 Å². The van der Waals surface area contributed by atoms with Gasteiger partial charge in [0.25, 0.3) is 10.2 Å². The van der Waals surface area contributed by atoms with Gasteiger partial charge in [0.15, 0.2) is 0 Å². The third-order valence-corrected chi connectivity index (χ3v) is 5.49. The number of carbonyl (C=O) groups is 1. The highest BCUT2D eigenvalue weighted by Gasteiger charge is 2.42. The molecule has 2 rings (SSSR count). The monoisotopic (exact) mass is 278 g/mol. The summed E-state index contributed by atoms with van der Waals surface area (Å²) in [7, 11) is -3.54. The molecule has 1 N–H and O–H groups in total. The minimum absolute atomic E-state index is 0.0657. The van der Waals surface area contributed by atoms with Gasteiger partial charge in [-0.3, -0.25) is 4.79 Å². The van der Waals surface area contributed by atoms with Crippen LogP contribution in [0, 0.1) is 11.8 Å². The van der Waals surface area contributed by atoms with E-state index in [1.54, 1.807) is 6.92 Å². The van der Waals surface area contributed by atoms with Crippen molar-refractivity contribution in [2.24, 2.45) is 11.8 Å². The molecule has 0 bridgehead atoms. The Morgan fingerprint density at radius 1 is 1.22 bits per heavy atom. The van der Waals surface area contributed by atoms with Crippen molar-refractivity contribution in [1.29, 1.82) is 0 Å². The molecule has 2 fully saturated rings. The molecule has 0 unspecified atom stereocenters. The standard InChI is InChI=1S/C10H18N2O5S/c1-8-6-12(7-9(8)10(13)14)18(15,16)11-2-4-17-5-3-11/h8-9H,2-7H2,1H3,(H,13,14)/t8-,9-/m1/s1. The van der Waals surface area contributed by atoms with Crippen molar-refractivity contribution in [2.45, 2.75) is 6.92 Å². The fraction of sp³-hybridized carbons (Fsp3) is 0.900. The van der Waals surface area contributed by atoms with Crippen molar-refractivity contribution in [3.8, 4) is 0 Å². The number of ether oxygens (including phenoxy) is 1. The Labute approximate surface area is 106 Å². The van der Waals surface area contributed by atoms with Crippen LogP contribution in [0.4, 0.5) is 0 Å². The molecule has 0 aromatic heterocycles. The zero-order valence-electron chi connectivity index (χ0n) is 10.3. The Kier molecular flexibility index (Phi) is 3.90. The number of rotatable bonds is 3. The topological polar surface area (TPSA) is 87.2 Å². The average Bonchev–Trinajstić information content (AvgIpc) is 2.73. The molecule has 7 nitrogen and oxygen atoms in total. The van der Waals surface area contributed by atoms with Crippen LogP contribution in [-0.4, -0.2) is 67.5 Å². The second-order valence-electron chi connectivity index (χ2n) is 4.76. The van der Waals surface area contributed by atoms with Crippen molar-refractivity contribution in [1.82, 2.24) is 8.61 Å². The molecule has 2 aliphatic rings. The Morgan fingerprint density at radius 3 is 2.33 bits per heavy atom. The van der Waals surface area contributed by atoms with E-state index in [9.17, 15) is 13.2 Å². The molecule has 0 radical (unpaired) electrons. The fourth-order valence-corrected chi connectivity index (χ4v) is 4.08. The molecule has 0 spiro atoms. The summed E-state index contributed by atoms with van der Waals surface area (Å²) in [5.41, 5.74) is 0. The lowest BCUT2D eigenvalue weighted by atomic mass is 9.99. The molecule has 0 saturated carbocycles. The highest BCUT2D eigenvalue weighted by Crippen LogP contribution is 2.27. The van der Waals surface area contributed by atoms with Crippen LogP contribution in [0.2, 0.25) is 0 Å². The van der Waals surface area contributed by atoms with Gasteiger partial charge in [-0.15, -0.1) is 0 Å². The SMILES string of the molecule is C[C@@H]1CN(S(=O)(=O)N2CCOCC2)C[C@H]1C(=O)O. The number of nitrogens with zero attached hydrogens (tertiary/aromatic N) is 2. The average molecular weight is 278 g/mol. The third-order valence-electron chi connectivity index (χ3n) is 3.52. The van der Waals surface area contributed by atoms with Crippen LogP contribution in [0.5, 0.6) is 0 Å². The Bertz CT molecular complexity index is 418. The van der Waals surface area contributed by atoms with Gasteiger partial charge in [-0.1, -0.05) is 6.92 Å². The Hall–Kier alpha value is -0.700. The molecule has 104 valence electrons. The smallest absolute Gasteiger partial charge is 0.308 e. The maximum Gasteiger partial charge on any atom is 0.308 e. The molecule has 0 aromatic rings. The maximum atomic E-state index is 12.3. The van der Waals surface area contributed by atoms with Crippen LogP contribution in [0.25, 0.3) is 0 Å². The van der Waals surface area contributed by atoms with Gasteiger partial charge in [-0.05, 0) is 5.92 Å². The van der Waals surface area contributed by atoms with Crippen molar-refractivity contribution in [3.63, 3.8) is 0 Å². The van der Waals surface area contributed by atoms with Crippen molar-refractivity contribution in [2.75, 3.05) is 39.4 Å². The van der Waals surface area contributed by atoms with E-state index < -0.39 is 22.1 Å². The zero-order chi connectivity index (χ0) is 13.3. The van der Waals surface area contributed by atoms with Crippen molar-refractivity contribution < 1.29 is 23.1 Å². The molecule has 0 aliphatic carbocycles. The number of hydrogen-bond acceptors (Lipinski definition) is 4. The maximum absolute atomic E-state index is 12.3. The number of carboxylic acids is 1. The van der Waals surface area contributed by atoms with Crippen molar-refractivity contribution >= 4 is 16.2 Å². The van der Waals surface area contributed by atoms with E-state index >= 15 is 0 Å². The highest BCUT2D eigenvalue weighted by atomic mass is 32.2. The summed E-state index contributed by atoms with van der Waals surface area (Å²) in [5, 5.41) is 9.02. The lowest BCUT2D eigenvalue weighted by molar-refractivity contribution is -0.142. The van der Waals surface area contributed by atoms with Crippen LogP contribution in [0.3, 0.4) is 0 Å². The van der Waals surface area contributed by atoms with Gasteiger partial charge in [0.1, 0.15) is 0 Å². The van der Waals surface area contributed by atoms with Crippen LogP contribution >= 0.6 is 0 Å². The normalized spacial score (nSPS) is 31.6. The number of morpholine rings is 1. The zero-order valence-corrected chi connectivity index (χ0v) is 11.1. The lowest BCUT2D eigenvalue weighted by Crippen LogP contribution is -2.48. The first kappa shape index (κ1) is 13.7.